The van der Waals surface area contributed by atoms with E-state index in [4.69, 9.17) is 23.2 Å². The zero-order valence-electron chi connectivity index (χ0n) is 13.9. The number of carbonyl (C=O) groups is 1. The number of nitrogens with zero attached hydrogens (tertiary/aromatic N) is 2. The molecule has 1 heterocycles. The third-order valence-corrected chi connectivity index (χ3v) is 4.57. The minimum Gasteiger partial charge on any atom is -0.321 e. The monoisotopic (exact) mass is 373 g/mol. The number of aryl methyl sites for hydroxylation is 2. The maximum absolute atomic E-state index is 12.4. The number of rotatable bonds is 4. The topological polar surface area (TPSA) is 46.9 Å². The lowest BCUT2D eigenvalue weighted by atomic mass is 10.2. The molecule has 0 atom stereocenters. The molecule has 2 aromatic carbocycles. The van der Waals surface area contributed by atoms with Gasteiger partial charge in [0.25, 0.3) is 5.91 Å². The molecule has 1 N–H and O–H groups in total. The Hall–Kier alpha value is -2.30. The Balaban J connectivity index is 1.81. The summed E-state index contributed by atoms with van der Waals surface area (Å²) in [5, 5.41) is 8.41. The molecule has 4 nitrogen and oxygen atoms in total. The highest BCUT2D eigenvalue weighted by Gasteiger charge is 2.14. The number of halogens is 2. The predicted molar refractivity (Wildman–Crippen MR) is 102 cm³/mol. The lowest BCUT2D eigenvalue weighted by Crippen LogP contribution is -2.14. The van der Waals surface area contributed by atoms with E-state index >= 15 is 0 Å². The van der Waals surface area contributed by atoms with Gasteiger partial charge in [-0.3, -0.25) is 9.48 Å². The number of amides is 1. The van der Waals surface area contributed by atoms with Gasteiger partial charge in [-0.05, 0) is 49.7 Å². The molecule has 0 saturated heterocycles. The molecule has 0 fully saturated rings. The normalized spacial score (nSPS) is 10.7. The van der Waals surface area contributed by atoms with E-state index in [1.807, 2.05) is 38.1 Å². The van der Waals surface area contributed by atoms with Crippen LogP contribution in [0.3, 0.4) is 0 Å². The fourth-order valence-electron chi connectivity index (χ4n) is 2.53. The zero-order valence-corrected chi connectivity index (χ0v) is 15.4. The van der Waals surface area contributed by atoms with Gasteiger partial charge in [0, 0.05) is 27.0 Å². The van der Waals surface area contributed by atoms with E-state index in [0.717, 1.165) is 22.5 Å². The number of anilines is 1. The van der Waals surface area contributed by atoms with Crippen molar-refractivity contribution in [2.75, 3.05) is 5.32 Å². The van der Waals surface area contributed by atoms with Crippen LogP contribution in [0.25, 0.3) is 0 Å². The van der Waals surface area contributed by atoms with Gasteiger partial charge in [0.05, 0.1) is 6.54 Å². The van der Waals surface area contributed by atoms with Gasteiger partial charge in [0.1, 0.15) is 0 Å². The van der Waals surface area contributed by atoms with Crippen molar-refractivity contribution in [3.8, 4) is 0 Å². The average molecular weight is 374 g/mol. The molecule has 128 valence electrons. The summed E-state index contributed by atoms with van der Waals surface area (Å²) in [5.41, 5.74) is 3.80. The van der Waals surface area contributed by atoms with Crippen molar-refractivity contribution < 1.29 is 4.79 Å². The second-order valence-corrected chi connectivity index (χ2v) is 6.67. The van der Waals surface area contributed by atoms with Crippen molar-refractivity contribution >= 4 is 34.8 Å². The minimum absolute atomic E-state index is 0.252. The standard InChI is InChI=1S/C19H17Cl2N3O/c1-12-5-3-6-14(9-12)22-19(25)18-10-13(2)24(23-18)11-15-16(20)7-4-8-17(15)21/h3-10H,11H2,1-2H3,(H,22,25). The lowest BCUT2D eigenvalue weighted by Gasteiger charge is -2.08. The van der Waals surface area contributed by atoms with Crippen LogP contribution in [0.4, 0.5) is 5.69 Å². The van der Waals surface area contributed by atoms with Gasteiger partial charge in [0.15, 0.2) is 5.69 Å². The molecule has 0 aliphatic heterocycles. The van der Waals surface area contributed by atoms with Crippen molar-refractivity contribution in [2.24, 2.45) is 0 Å². The van der Waals surface area contributed by atoms with Gasteiger partial charge < -0.3 is 5.32 Å². The highest BCUT2D eigenvalue weighted by molar-refractivity contribution is 6.35. The summed E-state index contributed by atoms with van der Waals surface area (Å²) >= 11 is 12.4. The molecule has 0 saturated carbocycles. The Kier molecular flexibility index (Phi) is 5.11. The first-order valence-corrected chi connectivity index (χ1v) is 8.55. The Morgan fingerprint density at radius 1 is 1.08 bits per heavy atom. The number of hydrogen-bond acceptors (Lipinski definition) is 2. The molecule has 6 heteroatoms. The summed E-state index contributed by atoms with van der Waals surface area (Å²) in [6.45, 7) is 4.27. The highest BCUT2D eigenvalue weighted by Crippen LogP contribution is 2.25. The molecule has 0 radical (unpaired) electrons. The van der Waals surface area contributed by atoms with E-state index < -0.39 is 0 Å². The van der Waals surface area contributed by atoms with Crippen LogP contribution >= 0.6 is 23.2 Å². The van der Waals surface area contributed by atoms with Crippen LogP contribution in [0.5, 0.6) is 0 Å². The van der Waals surface area contributed by atoms with Crippen molar-refractivity contribution in [2.45, 2.75) is 20.4 Å². The lowest BCUT2D eigenvalue weighted by molar-refractivity contribution is 0.102. The third-order valence-electron chi connectivity index (χ3n) is 3.86. The number of aromatic nitrogens is 2. The number of carbonyl (C=O) groups excluding carboxylic acids is 1. The van der Waals surface area contributed by atoms with Crippen LogP contribution in [-0.2, 0) is 6.54 Å². The molecule has 0 bridgehead atoms. The third kappa shape index (κ3) is 4.03. The van der Waals surface area contributed by atoms with E-state index in [9.17, 15) is 4.79 Å². The van der Waals surface area contributed by atoms with E-state index in [2.05, 4.69) is 10.4 Å². The van der Waals surface area contributed by atoms with Gasteiger partial charge in [-0.1, -0.05) is 41.4 Å². The molecule has 0 aliphatic rings. The number of hydrogen-bond donors (Lipinski definition) is 1. The summed E-state index contributed by atoms with van der Waals surface area (Å²) in [5.74, 6) is -0.252. The summed E-state index contributed by atoms with van der Waals surface area (Å²) in [7, 11) is 0. The molecule has 1 amide bonds. The van der Waals surface area contributed by atoms with Gasteiger partial charge in [0.2, 0.25) is 0 Å². The summed E-state index contributed by atoms with van der Waals surface area (Å²) in [6, 6.07) is 14.7. The minimum atomic E-state index is -0.252. The molecular weight excluding hydrogens is 357 g/mol. The molecule has 0 aliphatic carbocycles. The van der Waals surface area contributed by atoms with Crippen LogP contribution in [0.1, 0.15) is 27.3 Å². The molecule has 25 heavy (non-hydrogen) atoms. The van der Waals surface area contributed by atoms with Crippen LogP contribution in [-0.4, -0.2) is 15.7 Å². The average Bonchev–Trinajstić information content (AvgIpc) is 2.92. The fraction of sp³-hybridized carbons (Fsp3) is 0.158. The summed E-state index contributed by atoms with van der Waals surface area (Å²) in [4.78, 5) is 12.4. The fourth-order valence-corrected chi connectivity index (χ4v) is 3.05. The second-order valence-electron chi connectivity index (χ2n) is 5.85. The SMILES string of the molecule is Cc1cccc(NC(=O)c2cc(C)n(Cc3c(Cl)cccc3Cl)n2)c1. The van der Waals surface area contributed by atoms with Crippen LogP contribution < -0.4 is 5.32 Å². The zero-order chi connectivity index (χ0) is 18.0. The number of nitrogens with one attached hydrogen (secondary N) is 1. The molecule has 3 aromatic rings. The van der Waals surface area contributed by atoms with Crippen LogP contribution in [0.15, 0.2) is 48.5 Å². The molecule has 1 aromatic heterocycles. The first-order valence-electron chi connectivity index (χ1n) is 7.79. The Morgan fingerprint density at radius 2 is 1.76 bits per heavy atom. The number of benzene rings is 2. The van der Waals surface area contributed by atoms with E-state index in [0.29, 0.717) is 22.3 Å². The van der Waals surface area contributed by atoms with Crippen molar-refractivity contribution in [1.82, 2.24) is 9.78 Å². The summed E-state index contributed by atoms with van der Waals surface area (Å²) in [6.07, 6.45) is 0. The molecule has 0 spiro atoms. The Labute approximate surface area is 156 Å². The Bertz CT molecular complexity index is 914. The Morgan fingerprint density at radius 3 is 2.44 bits per heavy atom. The summed E-state index contributed by atoms with van der Waals surface area (Å²) < 4.78 is 1.72. The van der Waals surface area contributed by atoms with E-state index in [1.54, 1.807) is 28.9 Å². The quantitative estimate of drug-likeness (QED) is 0.690. The van der Waals surface area contributed by atoms with Crippen LogP contribution in [0.2, 0.25) is 10.0 Å². The van der Waals surface area contributed by atoms with Crippen molar-refractivity contribution in [3.63, 3.8) is 0 Å². The first kappa shape index (κ1) is 17.5. The maximum atomic E-state index is 12.4. The van der Waals surface area contributed by atoms with Gasteiger partial charge in [-0.15, -0.1) is 0 Å². The molecule has 0 unspecified atom stereocenters. The largest absolute Gasteiger partial charge is 0.321 e. The second kappa shape index (κ2) is 7.30. The maximum Gasteiger partial charge on any atom is 0.276 e. The van der Waals surface area contributed by atoms with Gasteiger partial charge in [-0.25, -0.2) is 0 Å². The predicted octanol–water partition coefficient (Wildman–Crippen LogP) is 5.11. The highest BCUT2D eigenvalue weighted by atomic mass is 35.5. The van der Waals surface area contributed by atoms with Gasteiger partial charge in [-0.2, -0.15) is 5.10 Å². The van der Waals surface area contributed by atoms with Crippen molar-refractivity contribution in [3.05, 3.63) is 81.1 Å². The van der Waals surface area contributed by atoms with Crippen LogP contribution in [0, 0.1) is 13.8 Å². The van der Waals surface area contributed by atoms with Crippen molar-refractivity contribution in [1.29, 1.82) is 0 Å². The smallest absolute Gasteiger partial charge is 0.276 e. The molecule has 3 rings (SSSR count). The van der Waals surface area contributed by atoms with Gasteiger partial charge >= 0.3 is 0 Å². The van der Waals surface area contributed by atoms with E-state index in [-0.39, 0.29) is 5.91 Å². The first-order chi connectivity index (χ1) is 11.9. The molecular formula is C19H17Cl2N3O. The van der Waals surface area contributed by atoms with E-state index in [1.165, 1.54) is 0 Å².